The van der Waals surface area contributed by atoms with Crippen LogP contribution in [0.5, 0.6) is 5.75 Å². The molecule has 140 valence electrons. The van der Waals surface area contributed by atoms with Crippen molar-refractivity contribution in [1.82, 2.24) is 4.57 Å². The smallest absolute Gasteiger partial charge is 0.303 e. The van der Waals surface area contributed by atoms with E-state index >= 15 is 0 Å². The van der Waals surface area contributed by atoms with E-state index in [0.717, 1.165) is 51.8 Å². The van der Waals surface area contributed by atoms with Gasteiger partial charge in [0.15, 0.2) is 0 Å². The van der Waals surface area contributed by atoms with E-state index in [1.165, 1.54) is 12.5 Å². The Morgan fingerprint density at radius 3 is 2.48 bits per heavy atom. The fourth-order valence-corrected chi connectivity index (χ4v) is 4.20. The van der Waals surface area contributed by atoms with Gasteiger partial charge >= 0.3 is 5.97 Å². The molecule has 0 amide bonds. The van der Waals surface area contributed by atoms with Crippen molar-refractivity contribution in [2.75, 3.05) is 7.11 Å². The maximum atomic E-state index is 11.7. The third-order valence-electron chi connectivity index (χ3n) is 5.28. The molecule has 0 N–H and O–H groups in total. The Labute approximate surface area is 167 Å². The molecule has 0 aliphatic heterocycles. The van der Waals surface area contributed by atoms with Crippen LogP contribution in [0.15, 0.2) is 46.9 Å². The summed E-state index contributed by atoms with van der Waals surface area (Å²) in [5.41, 5.74) is 4.11. The summed E-state index contributed by atoms with van der Waals surface area (Å²) in [5, 5.41) is 1.10. The Balaban J connectivity index is 1.88. The topological polar surface area (TPSA) is 40.5 Å². The van der Waals surface area contributed by atoms with Gasteiger partial charge in [0.2, 0.25) is 0 Å². The van der Waals surface area contributed by atoms with Crippen molar-refractivity contribution in [3.8, 4) is 5.75 Å². The third kappa shape index (κ3) is 3.25. The SMILES string of the molecule is COc1ccc2c(c1)c(C1(OC(C)=O)CC1)c(C)n2Cc1ccc(Br)cc1. The van der Waals surface area contributed by atoms with Crippen LogP contribution in [-0.2, 0) is 21.7 Å². The van der Waals surface area contributed by atoms with E-state index in [9.17, 15) is 4.79 Å². The highest BCUT2D eigenvalue weighted by Gasteiger charge is 2.51. The number of halogens is 1. The number of nitrogens with zero attached hydrogens (tertiary/aromatic N) is 1. The third-order valence-corrected chi connectivity index (χ3v) is 5.81. The Morgan fingerprint density at radius 2 is 1.89 bits per heavy atom. The predicted octanol–water partition coefficient (Wildman–Crippen LogP) is 5.32. The van der Waals surface area contributed by atoms with Gasteiger partial charge in [-0.2, -0.15) is 0 Å². The Kier molecular flexibility index (Phi) is 4.50. The molecule has 4 rings (SSSR count). The Bertz CT molecular complexity index is 1020. The highest BCUT2D eigenvalue weighted by atomic mass is 79.9. The number of rotatable bonds is 5. The van der Waals surface area contributed by atoms with Crippen molar-refractivity contribution < 1.29 is 14.3 Å². The normalized spacial score (nSPS) is 15.0. The lowest BCUT2D eigenvalue weighted by Gasteiger charge is -2.17. The van der Waals surface area contributed by atoms with Gasteiger partial charge in [-0.05, 0) is 55.7 Å². The molecule has 27 heavy (non-hydrogen) atoms. The van der Waals surface area contributed by atoms with Gasteiger partial charge < -0.3 is 14.0 Å². The lowest BCUT2D eigenvalue weighted by atomic mass is 10.0. The maximum absolute atomic E-state index is 11.7. The zero-order chi connectivity index (χ0) is 19.2. The zero-order valence-corrected chi connectivity index (χ0v) is 17.3. The lowest BCUT2D eigenvalue weighted by Crippen LogP contribution is -2.17. The van der Waals surface area contributed by atoms with Crippen LogP contribution in [0.4, 0.5) is 0 Å². The molecule has 1 fully saturated rings. The van der Waals surface area contributed by atoms with Crippen LogP contribution in [0.1, 0.15) is 36.6 Å². The monoisotopic (exact) mass is 427 g/mol. The van der Waals surface area contributed by atoms with Gasteiger partial charge in [0.1, 0.15) is 11.4 Å². The molecule has 5 heteroatoms. The van der Waals surface area contributed by atoms with Crippen LogP contribution in [0.2, 0.25) is 0 Å². The van der Waals surface area contributed by atoms with E-state index in [1.807, 2.05) is 6.07 Å². The van der Waals surface area contributed by atoms with Crippen LogP contribution < -0.4 is 4.74 Å². The number of aromatic nitrogens is 1. The van der Waals surface area contributed by atoms with Crippen LogP contribution in [0.3, 0.4) is 0 Å². The molecule has 0 saturated heterocycles. The molecule has 0 atom stereocenters. The van der Waals surface area contributed by atoms with Crippen LogP contribution in [0, 0.1) is 6.92 Å². The number of methoxy groups -OCH3 is 1. The van der Waals surface area contributed by atoms with E-state index in [4.69, 9.17) is 9.47 Å². The molecule has 0 unspecified atom stereocenters. The molecule has 4 nitrogen and oxygen atoms in total. The summed E-state index contributed by atoms with van der Waals surface area (Å²) in [6.45, 7) is 4.36. The lowest BCUT2D eigenvalue weighted by molar-refractivity contribution is -0.149. The summed E-state index contributed by atoms with van der Waals surface area (Å²) in [5.74, 6) is 0.576. The van der Waals surface area contributed by atoms with Crippen molar-refractivity contribution in [3.05, 3.63) is 63.8 Å². The molecule has 1 heterocycles. The number of carbonyl (C=O) groups is 1. The summed E-state index contributed by atoms with van der Waals surface area (Å²) in [6, 6.07) is 14.5. The number of ether oxygens (including phenoxy) is 2. The molecule has 1 aliphatic rings. The predicted molar refractivity (Wildman–Crippen MR) is 109 cm³/mol. The van der Waals surface area contributed by atoms with Crippen molar-refractivity contribution in [3.63, 3.8) is 0 Å². The molecule has 3 aromatic rings. The number of benzene rings is 2. The largest absolute Gasteiger partial charge is 0.497 e. The van der Waals surface area contributed by atoms with Gasteiger partial charge in [-0.15, -0.1) is 0 Å². The number of hydrogen-bond donors (Lipinski definition) is 0. The molecule has 2 aromatic carbocycles. The molecule has 1 saturated carbocycles. The summed E-state index contributed by atoms with van der Waals surface area (Å²) in [4.78, 5) is 11.7. The second-order valence-corrected chi connectivity index (χ2v) is 8.06. The standard InChI is InChI=1S/C22H22BrNO3/c1-14-21(22(10-11-22)27-15(2)25)19-12-18(26-3)8-9-20(19)24(14)13-16-4-6-17(23)7-5-16/h4-9,12H,10-11,13H2,1-3H3. The number of carbonyl (C=O) groups excluding carboxylic acids is 1. The summed E-state index contributed by atoms with van der Waals surface area (Å²) in [6.07, 6.45) is 1.73. The molecule has 0 spiro atoms. The second kappa shape index (κ2) is 6.71. The minimum atomic E-state index is -0.495. The van der Waals surface area contributed by atoms with Gasteiger partial charge in [0.25, 0.3) is 0 Å². The van der Waals surface area contributed by atoms with Crippen LogP contribution >= 0.6 is 15.9 Å². The first-order chi connectivity index (χ1) is 12.9. The van der Waals surface area contributed by atoms with Crippen molar-refractivity contribution in [1.29, 1.82) is 0 Å². The average molecular weight is 428 g/mol. The van der Waals surface area contributed by atoms with Crippen molar-refractivity contribution >= 4 is 32.8 Å². The van der Waals surface area contributed by atoms with Crippen molar-refractivity contribution in [2.24, 2.45) is 0 Å². The molecule has 1 aromatic heterocycles. The molecular formula is C22H22BrNO3. The fraction of sp³-hybridized carbons (Fsp3) is 0.318. The number of hydrogen-bond acceptors (Lipinski definition) is 3. The Morgan fingerprint density at radius 1 is 1.19 bits per heavy atom. The molecule has 0 radical (unpaired) electrons. The summed E-state index contributed by atoms with van der Waals surface area (Å²) >= 11 is 3.49. The summed E-state index contributed by atoms with van der Waals surface area (Å²) in [7, 11) is 1.67. The van der Waals surface area contributed by atoms with Gasteiger partial charge in [0.05, 0.1) is 7.11 Å². The molecule has 1 aliphatic carbocycles. The van der Waals surface area contributed by atoms with E-state index in [2.05, 4.69) is 63.8 Å². The average Bonchev–Trinajstić information content (AvgIpc) is 3.34. The fourth-order valence-electron chi connectivity index (χ4n) is 3.93. The van der Waals surface area contributed by atoms with Gasteiger partial charge in [-0.3, -0.25) is 4.79 Å². The van der Waals surface area contributed by atoms with Gasteiger partial charge in [-0.25, -0.2) is 0 Å². The highest BCUT2D eigenvalue weighted by molar-refractivity contribution is 9.10. The van der Waals surface area contributed by atoms with Crippen molar-refractivity contribution in [2.45, 2.75) is 38.8 Å². The first kappa shape index (κ1) is 18.1. The molecule has 0 bridgehead atoms. The van der Waals surface area contributed by atoms with Gasteiger partial charge in [-0.1, -0.05) is 28.1 Å². The first-order valence-corrected chi connectivity index (χ1v) is 9.84. The van der Waals surface area contributed by atoms with Crippen LogP contribution in [0.25, 0.3) is 10.9 Å². The first-order valence-electron chi connectivity index (χ1n) is 9.05. The van der Waals surface area contributed by atoms with E-state index in [1.54, 1.807) is 7.11 Å². The number of fused-ring (bicyclic) bond motifs is 1. The van der Waals surface area contributed by atoms with E-state index in [-0.39, 0.29) is 5.97 Å². The Hall–Kier alpha value is -2.27. The quantitative estimate of drug-likeness (QED) is 0.517. The minimum absolute atomic E-state index is 0.233. The van der Waals surface area contributed by atoms with Crippen LogP contribution in [-0.4, -0.2) is 17.6 Å². The zero-order valence-electron chi connectivity index (χ0n) is 15.7. The second-order valence-electron chi connectivity index (χ2n) is 7.14. The van der Waals surface area contributed by atoms with E-state index in [0.29, 0.717) is 0 Å². The summed E-state index contributed by atoms with van der Waals surface area (Å²) < 4.78 is 14.6. The van der Waals surface area contributed by atoms with E-state index < -0.39 is 5.60 Å². The number of esters is 1. The minimum Gasteiger partial charge on any atom is -0.497 e. The highest BCUT2D eigenvalue weighted by Crippen LogP contribution is 2.53. The maximum Gasteiger partial charge on any atom is 0.303 e. The van der Waals surface area contributed by atoms with Gasteiger partial charge in [0, 0.05) is 40.1 Å². The molecular weight excluding hydrogens is 406 g/mol.